The maximum Gasteiger partial charge on any atom is 0.258 e. The van der Waals surface area contributed by atoms with Crippen LogP contribution in [0.15, 0.2) is 51.7 Å². The van der Waals surface area contributed by atoms with Crippen LogP contribution in [0.2, 0.25) is 0 Å². The van der Waals surface area contributed by atoms with Gasteiger partial charge in [-0.25, -0.2) is 0 Å². The average Bonchev–Trinajstić information content (AvgIpc) is 2.66. The summed E-state index contributed by atoms with van der Waals surface area (Å²) in [5.74, 6) is -0.185. The molecule has 1 aromatic heterocycles. The minimum Gasteiger partial charge on any atom is -0.457 e. The van der Waals surface area contributed by atoms with Gasteiger partial charge in [0.25, 0.3) is 5.91 Å². The van der Waals surface area contributed by atoms with Gasteiger partial charge in [-0.05, 0) is 28.1 Å². The Morgan fingerprint density at radius 1 is 1.27 bits per heavy atom. The van der Waals surface area contributed by atoms with Crippen LogP contribution in [0, 0.1) is 0 Å². The third-order valence-corrected chi connectivity index (χ3v) is 2.28. The monoisotopic (exact) mass is 265 g/mol. The Morgan fingerprint density at radius 3 is 2.60 bits per heavy atom. The quantitative estimate of drug-likeness (QED) is 0.906. The van der Waals surface area contributed by atoms with Crippen LogP contribution in [0.5, 0.6) is 0 Å². The fourth-order valence-electron chi connectivity index (χ4n) is 1.15. The van der Waals surface area contributed by atoms with E-state index < -0.39 is 0 Å². The van der Waals surface area contributed by atoms with E-state index in [0.29, 0.717) is 10.2 Å². The van der Waals surface area contributed by atoms with Gasteiger partial charge in [-0.15, -0.1) is 0 Å². The number of benzene rings is 1. The molecule has 2 aromatic rings. The summed E-state index contributed by atoms with van der Waals surface area (Å²) in [5, 5.41) is 2.75. The van der Waals surface area contributed by atoms with Crippen LogP contribution in [0.3, 0.4) is 0 Å². The zero-order valence-corrected chi connectivity index (χ0v) is 9.32. The molecule has 0 spiro atoms. The van der Waals surface area contributed by atoms with Gasteiger partial charge in [-0.2, -0.15) is 0 Å². The third kappa shape index (κ3) is 2.47. The summed E-state index contributed by atoms with van der Waals surface area (Å²) >= 11 is 3.14. The molecule has 0 aliphatic heterocycles. The fraction of sp³-hybridized carbons (Fsp3) is 0. The van der Waals surface area contributed by atoms with Gasteiger partial charge in [0, 0.05) is 11.8 Å². The molecule has 1 aromatic carbocycles. The van der Waals surface area contributed by atoms with Crippen molar-refractivity contribution in [2.75, 3.05) is 5.32 Å². The highest BCUT2D eigenvalue weighted by Crippen LogP contribution is 2.15. The van der Waals surface area contributed by atoms with E-state index in [9.17, 15) is 4.79 Å². The first-order valence-corrected chi connectivity index (χ1v) is 5.15. The highest BCUT2D eigenvalue weighted by atomic mass is 79.9. The van der Waals surface area contributed by atoms with E-state index in [1.54, 1.807) is 6.07 Å². The van der Waals surface area contributed by atoms with Crippen LogP contribution in [0.25, 0.3) is 0 Å². The molecular weight excluding hydrogens is 258 g/mol. The van der Waals surface area contributed by atoms with Gasteiger partial charge < -0.3 is 9.73 Å². The van der Waals surface area contributed by atoms with Gasteiger partial charge in [-0.3, -0.25) is 4.79 Å². The lowest BCUT2D eigenvalue weighted by molar-refractivity contribution is 0.102. The fourth-order valence-corrected chi connectivity index (χ4v) is 1.49. The van der Waals surface area contributed by atoms with Crippen molar-refractivity contribution in [3.8, 4) is 0 Å². The smallest absolute Gasteiger partial charge is 0.258 e. The number of hydrogen-bond donors (Lipinski definition) is 1. The molecule has 0 saturated heterocycles. The summed E-state index contributed by atoms with van der Waals surface area (Å²) in [6.45, 7) is 0. The summed E-state index contributed by atoms with van der Waals surface area (Å²) in [5.41, 5.74) is 1.26. The molecule has 0 saturated carbocycles. The molecule has 0 aliphatic rings. The predicted molar refractivity (Wildman–Crippen MR) is 60.8 cm³/mol. The Kier molecular flexibility index (Phi) is 2.87. The van der Waals surface area contributed by atoms with Crippen LogP contribution in [-0.4, -0.2) is 5.91 Å². The predicted octanol–water partition coefficient (Wildman–Crippen LogP) is 3.29. The van der Waals surface area contributed by atoms with Crippen molar-refractivity contribution >= 4 is 27.5 Å². The van der Waals surface area contributed by atoms with Gasteiger partial charge in [0.15, 0.2) is 4.67 Å². The van der Waals surface area contributed by atoms with E-state index in [0.717, 1.165) is 5.69 Å². The van der Waals surface area contributed by atoms with E-state index in [1.807, 2.05) is 30.3 Å². The van der Waals surface area contributed by atoms with Gasteiger partial charge in [-0.1, -0.05) is 18.2 Å². The molecule has 1 heterocycles. The largest absolute Gasteiger partial charge is 0.457 e. The second-order valence-electron chi connectivity index (χ2n) is 2.96. The standard InChI is InChI=1S/C11H8BrNO2/c12-10-6-8(7-15-10)11(14)13-9-4-2-1-3-5-9/h1-7H,(H,13,14). The Balaban J connectivity index is 2.11. The first-order chi connectivity index (χ1) is 7.25. The summed E-state index contributed by atoms with van der Waals surface area (Å²) in [6, 6.07) is 10.9. The van der Waals surface area contributed by atoms with Crippen molar-refractivity contribution in [3.05, 3.63) is 52.9 Å². The van der Waals surface area contributed by atoms with E-state index >= 15 is 0 Å². The van der Waals surface area contributed by atoms with Crippen molar-refractivity contribution in [2.24, 2.45) is 0 Å². The minimum atomic E-state index is -0.185. The Hall–Kier alpha value is -1.55. The summed E-state index contributed by atoms with van der Waals surface area (Å²) in [6.07, 6.45) is 1.41. The molecule has 1 N–H and O–H groups in total. The maximum absolute atomic E-state index is 11.6. The number of carbonyl (C=O) groups is 1. The third-order valence-electron chi connectivity index (χ3n) is 1.86. The number of anilines is 1. The highest BCUT2D eigenvalue weighted by Gasteiger charge is 2.08. The van der Waals surface area contributed by atoms with Crippen molar-refractivity contribution in [3.63, 3.8) is 0 Å². The van der Waals surface area contributed by atoms with Crippen molar-refractivity contribution in [1.29, 1.82) is 0 Å². The van der Waals surface area contributed by atoms with Crippen molar-refractivity contribution in [1.82, 2.24) is 0 Å². The number of hydrogen-bond acceptors (Lipinski definition) is 2. The van der Waals surface area contributed by atoms with Gasteiger partial charge in [0.1, 0.15) is 6.26 Å². The lowest BCUT2D eigenvalue weighted by atomic mass is 10.3. The normalized spacial score (nSPS) is 9.93. The number of furan rings is 1. The SMILES string of the molecule is O=C(Nc1ccccc1)c1coc(Br)c1. The van der Waals surface area contributed by atoms with Crippen molar-refractivity contribution < 1.29 is 9.21 Å². The summed E-state index contributed by atoms with van der Waals surface area (Å²) < 4.78 is 5.52. The molecular formula is C11H8BrNO2. The van der Waals surface area contributed by atoms with Gasteiger partial charge in [0.05, 0.1) is 5.56 Å². The number of amides is 1. The zero-order valence-electron chi connectivity index (χ0n) is 7.74. The molecule has 0 unspecified atom stereocenters. The first kappa shape index (κ1) is 9.98. The molecule has 0 aliphatic carbocycles. The van der Waals surface area contributed by atoms with E-state index in [2.05, 4.69) is 21.2 Å². The number of para-hydroxylation sites is 1. The van der Waals surface area contributed by atoms with Crippen molar-refractivity contribution in [2.45, 2.75) is 0 Å². The molecule has 3 nitrogen and oxygen atoms in total. The topological polar surface area (TPSA) is 42.2 Å². The molecule has 0 fully saturated rings. The van der Waals surface area contributed by atoms with Crippen LogP contribution in [0.4, 0.5) is 5.69 Å². The van der Waals surface area contributed by atoms with Gasteiger partial charge in [0.2, 0.25) is 0 Å². The highest BCUT2D eigenvalue weighted by molar-refractivity contribution is 9.10. The molecule has 4 heteroatoms. The van der Waals surface area contributed by atoms with Gasteiger partial charge >= 0.3 is 0 Å². The number of rotatable bonds is 2. The lowest BCUT2D eigenvalue weighted by Crippen LogP contribution is -2.10. The molecule has 0 bridgehead atoms. The number of halogens is 1. The Morgan fingerprint density at radius 2 is 2.00 bits per heavy atom. The summed E-state index contributed by atoms with van der Waals surface area (Å²) in [4.78, 5) is 11.6. The summed E-state index contributed by atoms with van der Waals surface area (Å²) in [7, 11) is 0. The molecule has 76 valence electrons. The molecule has 1 amide bonds. The van der Waals surface area contributed by atoms with Crippen LogP contribution >= 0.6 is 15.9 Å². The lowest BCUT2D eigenvalue weighted by Gasteiger charge is -2.01. The average molecular weight is 266 g/mol. The van der Waals surface area contributed by atoms with E-state index in [-0.39, 0.29) is 5.91 Å². The molecule has 2 rings (SSSR count). The number of nitrogens with one attached hydrogen (secondary N) is 1. The molecule has 0 atom stereocenters. The minimum absolute atomic E-state index is 0.185. The molecule has 15 heavy (non-hydrogen) atoms. The van der Waals surface area contributed by atoms with E-state index in [1.165, 1.54) is 6.26 Å². The maximum atomic E-state index is 11.6. The number of carbonyl (C=O) groups excluding carboxylic acids is 1. The second-order valence-corrected chi connectivity index (χ2v) is 3.74. The zero-order chi connectivity index (χ0) is 10.7. The first-order valence-electron chi connectivity index (χ1n) is 4.36. The Bertz CT molecular complexity index is 464. The molecule has 0 radical (unpaired) electrons. The van der Waals surface area contributed by atoms with Crippen LogP contribution < -0.4 is 5.32 Å². The van der Waals surface area contributed by atoms with E-state index in [4.69, 9.17) is 4.42 Å². The van der Waals surface area contributed by atoms with Crippen LogP contribution in [0.1, 0.15) is 10.4 Å². The van der Waals surface area contributed by atoms with Crippen LogP contribution in [-0.2, 0) is 0 Å². The Labute approximate surface area is 95.2 Å². The second kappa shape index (κ2) is 4.31.